The quantitative estimate of drug-likeness (QED) is 0.191. The van der Waals surface area contributed by atoms with Gasteiger partial charge in [0.05, 0.1) is 29.7 Å². The number of allylic oxidation sites excluding steroid dienone is 1. The van der Waals surface area contributed by atoms with Crippen molar-refractivity contribution in [3.63, 3.8) is 0 Å². The van der Waals surface area contributed by atoms with Crippen molar-refractivity contribution >= 4 is 23.9 Å². The van der Waals surface area contributed by atoms with E-state index in [1.54, 1.807) is 61.5 Å². The minimum absolute atomic E-state index is 0.262. The van der Waals surface area contributed by atoms with Crippen molar-refractivity contribution in [3.8, 4) is 6.07 Å². The second-order valence-electron chi connectivity index (χ2n) is 11.9. The highest BCUT2D eigenvalue weighted by atomic mass is 16.7. The number of hydrogen-bond donors (Lipinski definition) is 1. The Kier molecular flexibility index (Phi) is 14.0. The summed E-state index contributed by atoms with van der Waals surface area (Å²) in [4.78, 5) is 51.2. The second kappa shape index (κ2) is 16.7. The number of aliphatic hydroxyl groups excluding tert-OH is 1. The molecule has 0 bridgehead atoms. The number of methoxy groups -OCH3 is 1. The van der Waals surface area contributed by atoms with Crippen molar-refractivity contribution in [1.82, 2.24) is 0 Å². The van der Waals surface area contributed by atoms with Crippen molar-refractivity contribution < 1.29 is 57.4 Å². The molecule has 2 aliphatic rings. The first kappa shape index (κ1) is 36.9. The maximum atomic E-state index is 13.0. The molecule has 246 valence electrons. The molecule has 0 saturated carbocycles. The van der Waals surface area contributed by atoms with E-state index in [-0.39, 0.29) is 5.57 Å². The second-order valence-corrected chi connectivity index (χ2v) is 11.9. The molecule has 0 aromatic heterocycles. The van der Waals surface area contributed by atoms with E-state index < -0.39 is 103 Å². The Morgan fingerprint density at radius 1 is 0.864 bits per heavy atom. The van der Waals surface area contributed by atoms with Gasteiger partial charge in [0.25, 0.3) is 0 Å². The van der Waals surface area contributed by atoms with Gasteiger partial charge in [0.1, 0.15) is 31.0 Å². The zero-order chi connectivity index (χ0) is 33.3. The summed E-state index contributed by atoms with van der Waals surface area (Å²) in [6.07, 6.45) is -6.35. The number of rotatable bonds is 12. The van der Waals surface area contributed by atoms with Crippen LogP contribution < -0.4 is 0 Å². The first-order chi connectivity index (χ1) is 20.6. The maximum Gasteiger partial charge on any atom is 0.308 e. The van der Waals surface area contributed by atoms with Gasteiger partial charge < -0.3 is 38.3 Å². The minimum atomic E-state index is -1.56. The average Bonchev–Trinajstić information content (AvgIpc) is 2.95. The van der Waals surface area contributed by atoms with Gasteiger partial charge >= 0.3 is 23.9 Å². The van der Waals surface area contributed by atoms with E-state index in [4.69, 9.17) is 33.2 Å². The molecule has 1 heterocycles. The third kappa shape index (κ3) is 9.59. The van der Waals surface area contributed by atoms with Crippen LogP contribution in [0.3, 0.4) is 0 Å². The van der Waals surface area contributed by atoms with Crippen molar-refractivity contribution in [2.45, 2.75) is 104 Å². The molecule has 13 heteroatoms. The topological polar surface area (TPSA) is 177 Å². The molecule has 2 rings (SSSR count). The summed E-state index contributed by atoms with van der Waals surface area (Å²) in [5.41, 5.74) is 0.262. The number of carbonyl (C=O) groups excluding carboxylic acids is 4. The van der Waals surface area contributed by atoms with E-state index in [0.717, 1.165) is 0 Å². The summed E-state index contributed by atoms with van der Waals surface area (Å²) < 4.78 is 40.5. The van der Waals surface area contributed by atoms with Crippen LogP contribution in [0.2, 0.25) is 0 Å². The Morgan fingerprint density at radius 3 is 1.84 bits per heavy atom. The summed E-state index contributed by atoms with van der Waals surface area (Å²) >= 11 is 0. The lowest BCUT2D eigenvalue weighted by molar-refractivity contribution is -0.322. The van der Waals surface area contributed by atoms with E-state index in [9.17, 15) is 29.5 Å². The summed E-state index contributed by atoms with van der Waals surface area (Å²) in [5.74, 6) is -5.01. The highest BCUT2D eigenvalue weighted by molar-refractivity contribution is 5.74. The van der Waals surface area contributed by atoms with E-state index in [2.05, 4.69) is 0 Å². The number of nitrogens with zero attached hydrogens (tertiary/aromatic N) is 1. The van der Waals surface area contributed by atoms with E-state index >= 15 is 0 Å². The zero-order valence-electron chi connectivity index (χ0n) is 26.8. The van der Waals surface area contributed by atoms with E-state index in [0.29, 0.717) is 0 Å². The average molecular weight is 624 g/mol. The summed E-state index contributed by atoms with van der Waals surface area (Å²) in [7, 11) is 1.38. The SMILES string of the molecule is CO[C@@H]1C=C/C(=C/C#N)[C@H](O[C@@H]2O[C@H](COC(=O)C(C)C)[C@@H](OC(=O)C(C)C)[C@H](OC(=O)C(C)C)[C@H]2OC(=O)C(C)C)[C@H]1O. The maximum absolute atomic E-state index is 13.0. The number of ether oxygens (including phenoxy) is 7. The predicted molar refractivity (Wildman–Crippen MR) is 153 cm³/mol. The van der Waals surface area contributed by atoms with Crippen LogP contribution in [-0.2, 0) is 52.3 Å². The predicted octanol–water partition coefficient (Wildman–Crippen LogP) is 2.39. The highest BCUT2D eigenvalue weighted by Gasteiger charge is 2.55. The van der Waals surface area contributed by atoms with Gasteiger partial charge in [-0.2, -0.15) is 5.26 Å². The third-order valence-corrected chi connectivity index (χ3v) is 6.86. The van der Waals surface area contributed by atoms with Crippen molar-refractivity contribution in [3.05, 3.63) is 23.8 Å². The van der Waals surface area contributed by atoms with Crippen molar-refractivity contribution in [2.24, 2.45) is 23.7 Å². The van der Waals surface area contributed by atoms with Crippen LogP contribution in [0, 0.1) is 35.0 Å². The van der Waals surface area contributed by atoms with Gasteiger partial charge in [-0.05, 0) is 5.57 Å². The monoisotopic (exact) mass is 623 g/mol. The number of esters is 4. The van der Waals surface area contributed by atoms with E-state index in [1.807, 2.05) is 6.07 Å². The van der Waals surface area contributed by atoms with Crippen LogP contribution in [-0.4, -0.2) is 91.7 Å². The molecule has 0 spiro atoms. The molecule has 8 atom stereocenters. The Hall–Kier alpha value is -3.31. The van der Waals surface area contributed by atoms with Crippen LogP contribution >= 0.6 is 0 Å². The molecule has 0 aromatic carbocycles. The molecule has 1 saturated heterocycles. The molecule has 44 heavy (non-hydrogen) atoms. The number of nitriles is 1. The lowest BCUT2D eigenvalue weighted by atomic mass is 9.92. The fourth-order valence-electron chi connectivity index (χ4n) is 4.18. The first-order valence-corrected chi connectivity index (χ1v) is 14.7. The molecule has 0 amide bonds. The molecule has 1 N–H and O–H groups in total. The van der Waals surface area contributed by atoms with E-state index in [1.165, 1.54) is 19.3 Å². The summed E-state index contributed by atoms with van der Waals surface area (Å²) in [5, 5.41) is 20.5. The van der Waals surface area contributed by atoms with Crippen LogP contribution in [0.4, 0.5) is 0 Å². The molecule has 0 radical (unpaired) electrons. The number of hydrogen-bond acceptors (Lipinski definition) is 13. The highest BCUT2D eigenvalue weighted by Crippen LogP contribution is 2.34. The van der Waals surface area contributed by atoms with Crippen molar-refractivity contribution in [2.75, 3.05) is 13.7 Å². The molecule has 0 aromatic rings. The smallest absolute Gasteiger partial charge is 0.308 e. The fourth-order valence-corrected chi connectivity index (χ4v) is 4.18. The molecule has 0 unspecified atom stereocenters. The van der Waals surface area contributed by atoms with Gasteiger partial charge in [-0.25, -0.2) is 0 Å². The van der Waals surface area contributed by atoms with Gasteiger partial charge in [0.2, 0.25) is 0 Å². The molecule has 1 aliphatic carbocycles. The van der Waals surface area contributed by atoms with Gasteiger partial charge in [-0.15, -0.1) is 0 Å². The third-order valence-electron chi connectivity index (χ3n) is 6.86. The molecular weight excluding hydrogens is 578 g/mol. The molecule has 13 nitrogen and oxygen atoms in total. The lowest BCUT2D eigenvalue weighted by Crippen LogP contribution is -2.64. The Bertz CT molecular complexity index is 1120. The number of aliphatic hydroxyl groups is 1. The van der Waals surface area contributed by atoms with Crippen molar-refractivity contribution in [1.29, 1.82) is 5.26 Å². The van der Waals surface area contributed by atoms with Gasteiger partial charge in [-0.3, -0.25) is 19.2 Å². The van der Waals surface area contributed by atoms with Gasteiger partial charge in [-0.1, -0.05) is 67.5 Å². The van der Waals surface area contributed by atoms with Gasteiger partial charge in [0, 0.05) is 13.2 Å². The summed E-state index contributed by atoms with van der Waals surface area (Å²) in [6.45, 7) is 12.4. The first-order valence-electron chi connectivity index (χ1n) is 14.7. The zero-order valence-corrected chi connectivity index (χ0v) is 26.8. The molecular formula is C31H45NO12. The fraction of sp³-hybridized carbons (Fsp3) is 0.710. The molecule has 1 fully saturated rings. The standard InChI is InChI=1S/C31H45NO12/c1-15(2)27(34)39-14-21-24(41-28(35)16(3)4)25(42-29(36)17(5)6)26(43-30(37)18(7)8)31(40-21)44-23-19(12-13-32)10-11-20(38-9)22(23)33/h10-12,15-18,20-26,31,33H,14H2,1-9H3/b19-12-/t20-,21-,22+,23+,24-,25+,26-,31+/m1/s1. The molecule has 1 aliphatic heterocycles. The lowest BCUT2D eigenvalue weighted by Gasteiger charge is -2.46. The summed E-state index contributed by atoms with van der Waals surface area (Å²) in [6, 6.07) is 1.90. The Balaban J connectivity index is 2.69. The Labute approximate surface area is 258 Å². The van der Waals surface area contributed by atoms with Crippen LogP contribution in [0.5, 0.6) is 0 Å². The minimum Gasteiger partial charge on any atom is -0.463 e. The van der Waals surface area contributed by atoms with Crippen LogP contribution in [0.15, 0.2) is 23.8 Å². The van der Waals surface area contributed by atoms with Crippen LogP contribution in [0.1, 0.15) is 55.4 Å². The Morgan fingerprint density at radius 2 is 1.36 bits per heavy atom. The normalized spacial score (nSPS) is 29.5. The van der Waals surface area contributed by atoms with Crippen LogP contribution in [0.25, 0.3) is 0 Å². The number of carbonyl (C=O) groups is 4. The van der Waals surface area contributed by atoms with Gasteiger partial charge in [0.15, 0.2) is 24.6 Å². The largest absolute Gasteiger partial charge is 0.463 e.